The van der Waals surface area contributed by atoms with Gasteiger partial charge >= 0.3 is 11.9 Å². The summed E-state index contributed by atoms with van der Waals surface area (Å²) < 4.78 is 13.3. The van der Waals surface area contributed by atoms with E-state index in [1.165, 1.54) is 13.8 Å². The molecule has 1 unspecified atom stereocenters. The lowest BCUT2D eigenvalue weighted by molar-refractivity contribution is -0.143. The first kappa shape index (κ1) is 19.3. The van der Waals surface area contributed by atoms with Gasteiger partial charge in [-0.1, -0.05) is 15.9 Å². The van der Waals surface area contributed by atoms with E-state index in [1.807, 2.05) is 29.7 Å². The first-order valence-corrected chi connectivity index (χ1v) is 9.38. The van der Waals surface area contributed by atoms with E-state index in [1.54, 1.807) is 6.20 Å². The SMILES string of the molecule is CC(=O)OCCC(C)n1c(COC(C)=O)nc2cnc3cc(Br)ccc3c21. The Morgan fingerprint density at radius 2 is 1.93 bits per heavy atom. The van der Waals surface area contributed by atoms with Gasteiger partial charge in [0.2, 0.25) is 0 Å². The first-order valence-electron chi connectivity index (χ1n) is 8.58. The first-order chi connectivity index (χ1) is 12.9. The Balaban J connectivity index is 2.10. The second kappa shape index (κ2) is 8.04. The number of aromatic nitrogens is 3. The number of nitrogens with zero attached hydrogens (tertiary/aromatic N) is 3. The van der Waals surface area contributed by atoms with Crippen molar-refractivity contribution in [3.63, 3.8) is 0 Å². The van der Waals surface area contributed by atoms with E-state index in [2.05, 4.69) is 25.9 Å². The third kappa shape index (κ3) is 4.27. The third-order valence-corrected chi connectivity index (χ3v) is 4.73. The molecule has 3 aromatic rings. The van der Waals surface area contributed by atoms with Crippen LogP contribution >= 0.6 is 15.9 Å². The Morgan fingerprint density at radius 1 is 1.19 bits per heavy atom. The van der Waals surface area contributed by atoms with Crippen molar-refractivity contribution in [2.24, 2.45) is 0 Å². The number of hydrogen-bond donors (Lipinski definition) is 0. The number of rotatable bonds is 6. The van der Waals surface area contributed by atoms with E-state index in [0.717, 1.165) is 26.4 Å². The van der Waals surface area contributed by atoms with E-state index in [4.69, 9.17) is 9.47 Å². The zero-order valence-corrected chi connectivity index (χ0v) is 16.9. The van der Waals surface area contributed by atoms with E-state index in [9.17, 15) is 9.59 Å². The van der Waals surface area contributed by atoms with Crippen molar-refractivity contribution in [1.29, 1.82) is 0 Å². The second-order valence-corrected chi connectivity index (χ2v) is 7.23. The van der Waals surface area contributed by atoms with Crippen LogP contribution in [0.4, 0.5) is 0 Å². The molecule has 27 heavy (non-hydrogen) atoms. The molecule has 0 saturated heterocycles. The van der Waals surface area contributed by atoms with Gasteiger partial charge < -0.3 is 14.0 Å². The molecule has 8 heteroatoms. The summed E-state index contributed by atoms with van der Waals surface area (Å²) in [5.41, 5.74) is 2.49. The Morgan fingerprint density at radius 3 is 2.63 bits per heavy atom. The van der Waals surface area contributed by atoms with Crippen molar-refractivity contribution >= 4 is 49.8 Å². The third-order valence-electron chi connectivity index (χ3n) is 4.24. The fourth-order valence-electron chi connectivity index (χ4n) is 3.04. The number of ether oxygens (including phenoxy) is 2. The molecule has 0 spiro atoms. The summed E-state index contributed by atoms with van der Waals surface area (Å²) in [7, 11) is 0. The van der Waals surface area contributed by atoms with Crippen LogP contribution in [0.1, 0.15) is 39.1 Å². The number of carbonyl (C=O) groups excluding carboxylic acids is 2. The fourth-order valence-corrected chi connectivity index (χ4v) is 3.39. The van der Waals surface area contributed by atoms with Crippen LogP contribution in [0.15, 0.2) is 28.9 Å². The molecule has 0 fully saturated rings. The summed E-state index contributed by atoms with van der Waals surface area (Å²) in [4.78, 5) is 31.4. The summed E-state index contributed by atoms with van der Waals surface area (Å²) in [6, 6.07) is 5.87. The Hall–Kier alpha value is -2.48. The summed E-state index contributed by atoms with van der Waals surface area (Å²) in [6.07, 6.45) is 2.33. The van der Waals surface area contributed by atoms with Crippen LogP contribution in [0.2, 0.25) is 0 Å². The molecule has 1 aromatic carbocycles. The van der Waals surface area contributed by atoms with Gasteiger partial charge in [-0.25, -0.2) is 4.98 Å². The van der Waals surface area contributed by atoms with Gasteiger partial charge in [-0.2, -0.15) is 0 Å². The van der Waals surface area contributed by atoms with Gasteiger partial charge in [0.1, 0.15) is 17.9 Å². The van der Waals surface area contributed by atoms with E-state index < -0.39 is 0 Å². The number of pyridine rings is 1. The Bertz CT molecular complexity index is 1020. The van der Waals surface area contributed by atoms with Gasteiger partial charge in [-0.15, -0.1) is 0 Å². The molecule has 0 aliphatic carbocycles. The maximum absolute atomic E-state index is 11.3. The van der Waals surface area contributed by atoms with Crippen LogP contribution in [0.25, 0.3) is 21.9 Å². The smallest absolute Gasteiger partial charge is 0.303 e. The number of imidazole rings is 1. The van der Waals surface area contributed by atoms with Crippen molar-refractivity contribution in [1.82, 2.24) is 14.5 Å². The molecule has 0 radical (unpaired) electrons. The van der Waals surface area contributed by atoms with E-state index in [-0.39, 0.29) is 24.6 Å². The van der Waals surface area contributed by atoms with Crippen molar-refractivity contribution < 1.29 is 19.1 Å². The summed E-state index contributed by atoms with van der Waals surface area (Å²) in [5.74, 6) is -0.0434. The molecule has 0 N–H and O–H groups in total. The standard InChI is InChI=1S/C19H20BrN3O4/c1-11(6-7-26-12(2)24)23-18(10-27-13(3)25)22-17-9-21-16-8-14(20)4-5-15(16)19(17)23/h4-5,8-9,11H,6-7,10H2,1-3H3. The molecule has 0 amide bonds. The molecule has 2 aromatic heterocycles. The van der Waals surface area contributed by atoms with Gasteiger partial charge in [0, 0.05) is 36.2 Å². The summed E-state index contributed by atoms with van der Waals surface area (Å²) >= 11 is 3.47. The van der Waals surface area contributed by atoms with Gasteiger partial charge in [0.05, 0.1) is 23.8 Å². The number of halogens is 1. The molecule has 0 aliphatic rings. The van der Waals surface area contributed by atoms with Crippen molar-refractivity contribution in [2.75, 3.05) is 6.61 Å². The van der Waals surface area contributed by atoms with E-state index >= 15 is 0 Å². The highest BCUT2D eigenvalue weighted by atomic mass is 79.9. The number of hydrogen-bond acceptors (Lipinski definition) is 6. The second-order valence-electron chi connectivity index (χ2n) is 6.31. The predicted octanol–water partition coefficient (Wildman–Crippen LogP) is 3.92. The summed E-state index contributed by atoms with van der Waals surface area (Å²) in [6.45, 7) is 5.15. The van der Waals surface area contributed by atoms with Crippen LogP contribution in [-0.4, -0.2) is 33.1 Å². The lowest BCUT2D eigenvalue weighted by Crippen LogP contribution is -2.14. The minimum atomic E-state index is -0.368. The largest absolute Gasteiger partial charge is 0.466 e. The Kier molecular flexibility index (Phi) is 5.74. The van der Waals surface area contributed by atoms with Crippen LogP contribution in [0, 0.1) is 0 Å². The topological polar surface area (TPSA) is 83.3 Å². The van der Waals surface area contributed by atoms with Crippen LogP contribution in [-0.2, 0) is 25.7 Å². The van der Waals surface area contributed by atoms with Crippen molar-refractivity contribution in [3.8, 4) is 0 Å². The molecule has 0 saturated carbocycles. The number of carbonyl (C=O) groups is 2. The molecule has 2 heterocycles. The average Bonchev–Trinajstić information content (AvgIpc) is 2.98. The molecule has 3 rings (SSSR count). The summed E-state index contributed by atoms with van der Waals surface area (Å²) in [5, 5.41) is 0.955. The predicted molar refractivity (Wildman–Crippen MR) is 104 cm³/mol. The molecule has 1 atom stereocenters. The zero-order valence-electron chi connectivity index (χ0n) is 15.4. The number of fused-ring (bicyclic) bond motifs is 3. The maximum atomic E-state index is 11.3. The minimum absolute atomic E-state index is 0.0193. The van der Waals surface area contributed by atoms with Gasteiger partial charge in [-0.05, 0) is 25.1 Å². The molecule has 0 bridgehead atoms. The molecule has 142 valence electrons. The quantitative estimate of drug-likeness (QED) is 0.547. The van der Waals surface area contributed by atoms with Crippen LogP contribution < -0.4 is 0 Å². The highest BCUT2D eigenvalue weighted by Crippen LogP contribution is 2.30. The van der Waals surface area contributed by atoms with E-state index in [0.29, 0.717) is 18.9 Å². The van der Waals surface area contributed by atoms with Gasteiger partial charge in [-0.3, -0.25) is 14.6 Å². The highest BCUT2D eigenvalue weighted by molar-refractivity contribution is 9.10. The molecular weight excluding hydrogens is 414 g/mol. The Labute approximate surface area is 164 Å². The van der Waals surface area contributed by atoms with Gasteiger partial charge in [0.15, 0.2) is 0 Å². The lowest BCUT2D eigenvalue weighted by Gasteiger charge is -2.18. The van der Waals surface area contributed by atoms with Crippen molar-refractivity contribution in [3.05, 3.63) is 34.7 Å². The molecule has 7 nitrogen and oxygen atoms in total. The zero-order chi connectivity index (χ0) is 19.6. The number of benzene rings is 1. The highest BCUT2D eigenvalue weighted by Gasteiger charge is 2.19. The monoisotopic (exact) mass is 433 g/mol. The maximum Gasteiger partial charge on any atom is 0.303 e. The van der Waals surface area contributed by atoms with Crippen molar-refractivity contribution in [2.45, 2.75) is 39.8 Å². The lowest BCUT2D eigenvalue weighted by atomic mass is 10.1. The normalized spacial score (nSPS) is 12.3. The van der Waals surface area contributed by atoms with Gasteiger partial charge in [0.25, 0.3) is 0 Å². The number of esters is 2. The average molecular weight is 434 g/mol. The fraction of sp³-hybridized carbons (Fsp3) is 0.368. The van der Waals surface area contributed by atoms with Crippen LogP contribution in [0.5, 0.6) is 0 Å². The molecular formula is C19H20BrN3O4. The van der Waals surface area contributed by atoms with Crippen LogP contribution in [0.3, 0.4) is 0 Å². The minimum Gasteiger partial charge on any atom is -0.466 e. The molecule has 0 aliphatic heterocycles.